The average molecular weight is 327 g/mol. The first-order chi connectivity index (χ1) is 11.1. The van der Waals surface area contributed by atoms with Gasteiger partial charge in [0.15, 0.2) is 0 Å². The quantitative estimate of drug-likeness (QED) is 0.476. The summed E-state index contributed by atoms with van der Waals surface area (Å²) >= 11 is 6.14. The maximum absolute atomic E-state index is 10.8. The smallest absolute Gasteiger partial charge is 0.269 e. The van der Waals surface area contributed by atoms with Gasteiger partial charge in [-0.1, -0.05) is 42.0 Å². The standard InChI is InChI=1S/C18H15ClN2O2/c19-12-6-9-15-14-2-1-3-16(14)18(20-17(15)10-12)11-4-7-13(8-5-11)21(22)23/h1-2,4-10,14,16,18,20H,3H2/t14-,16+,18-/m0/s1. The molecule has 5 heteroatoms. The van der Waals surface area contributed by atoms with Crippen LogP contribution in [0.4, 0.5) is 11.4 Å². The van der Waals surface area contributed by atoms with E-state index in [1.54, 1.807) is 12.1 Å². The minimum Gasteiger partial charge on any atom is -0.378 e. The number of nitrogens with one attached hydrogen (secondary N) is 1. The molecule has 0 amide bonds. The Hall–Kier alpha value is -2.33. The van der Waals surface area contributed by atoms with Gasteiger partial charge < -0.3 is 5.32 Å². The molecule has 116 valence electrons. The van der Waals surface area contributed by atoms with Crippen molar-refractivity contribution in [2.75, 3.05) is 5.32 Å². The predicted molar refractivity (Wildman–Crippen MR) is 90.9 cm³/mol. The summed E-state index contributed by atoms with van der Waals surface area (Å²) < 4.78 is 0. The minimum absolute atomic E-state index is 0.120. The summed E-state index contributed by atoms with van der Waals surface area (Å²) in [5.41, 5.74) is 3.51. The molecule has 0 fully saturated rings. The summed E-state index contributed by atoms with van der Waals surface area (Å²) in [7, 11) is 0. The lowest BCUT2D eigenvalue weighted by Gasteiger charge is -2.37. The van der Waals surface area contributed by atoms with E-state index in [1.165, 1.54) is 5.56 Å². The SMILES string of the molecule is O=[N+]([O-])c1ccc([C@@H]2Nc3cc(Cl)ccc3[C@@H]3C=CC[C@H]32)cc1. The van der Waals surface area contributed by atoms with Crippen LogP contribution in [0.25, 0.3) is 0 Å². The second-order valence-electron chi connectivity index (χ2n) is 6.06. The Morgan fingerprint density at radius 3 is 2.70 bits per heavy atom. The summed E-state index contributed by atoms with van der Waals surface area (Å²) in [6, 6.07) is 12.9. The van der Waals surface area contributed by atoms with Crippen molar-refractivity contribution in [1.29, 1.82) is 0 Å². The van der Waals surface area contributed by atoms with Gasteiger partial charge in [-0.25, -0.2) is 0 Å². The predicted octanol–water partition coefficient (Wildman–Crippen LogP) is 5.07. The number of nitro groups is 1. The van der Waals surface area contributed by atoms with E-state index >= 15 is 0 Å². The number of nitrogens with zero attached hydrogens (tertiary/aromatic N) is 1. The molecule has 1 aliphatic carbocycles. The lowest BCUT2D eigenvalue weighted by atomic mass is 9.77. The number of hydrogen-bond donors (Lipinski definition) is 1. The number of rotatable bonds is 2. The van der Waals surface area contributed by atoms with Crippen LogP contribution in [0.15, 0.2) is 54.6 Å². The van der Waals surface area contributed by atoms with Crippen LogP contribution in [0.5, 0.6) is 0 Å². The number of benzene rings is 2. The topological polar surface area (TPSA) is 55.2 Å². The molecule has 1 N–H and O–H groups in total. The molecule has 0 unspecified atom stereocenters. The maximum Gasteiger partial charge on any atom is 0.269 e. The number of hydrogen-bond acceptors (Lipinski definition) is 3. The van der Waals surface area contributed by atoms with Crippen LogP contribution >= 0.6 is 11.6 Å². The number of allylic oxidation sites excluding steroid dienone is 2. The van der Waals surface area contributed by atoms with Gasteiger partial charge >= 0.3 is 0 Å². The van der Waals surface area contributed by atoms with Crippen LogP contribution in [-0.2, 0) is 0 Å². The lowest BCUT2D eigenvalue weighted by molar-refractivity contribution is -0.384. The van der Waals surface area contributed by atoms with Gasteiger partial charge in [-0.3, -0.25) is 10.1 Å². The van der Waals surface area contributed by atoms with Crippen LogP contribution in [0, 0.1) is 16.0 Å². The zero-order valence-electron chi connectivity index (χ0n) is 12.3. The van der Waals surface area contributed by atoms with Crippen LogP contribution in [0.1, 0.15) is 29.5 Å². The monoisotopic (exact) mass is 326 g/mol. The Morgan fingerprint density at radius 2 is 1.96 bits per heavy atom. The van der Waals surface area contributed by atoms with E-state index < -0.39 is 0 Å². The fourth-order valence-electron chi connectivity index (χ4n) is 3.70. The van der Waals surface area contributed by atoms with E-state index in [4.69, 9.17) is 11.6 Å². The average Bonchev–Trinajstić information content (AvgIpc) is 3.03. The lowest BCUT2D eigenvalue weighted by Crippen LogP contribution is -2.29. The van der Waals surface area contributed by atoms with E-state index in [-0.39, 0.29) is 16.7 Å². The molecule has 1 aliphatic heterocycles. The van der Waals surface area contributed by atoms with Crippen molar-refractivity contribution in [3.8, 4) is 0 Å². The Labute approximate surface area is 138 Å². The highest BCUT2D eigenvalue weighted by Gasteiger charge is 2.37. The number of non-ortho nitro benzene ring substituents is 1. The normalized spacial score (nSPS) is 24.7. The van der Waals surface area contributed by atoms with E-state index in [2.05, 4.69) is 23.5 Å². The summed E-state index contributed by atoms with van der Waals surface area (Å²) in [4.78, 5) is 10.5. The Balaban J connectivity index is 1.73. The van der Waals surface area contributed by atoms with Crippen LogP contribution in [0.3, 0.4) is 0 Å². The Morgan fingerprint density at radius 1 is 1.17 bits per heavy atom. The summed E-state index contributed by atoms with van der Waals surface area (Å²) in [6.07, 6.45) is 5.48. The molecule has 0 saturated heterocycles. The molecule has 0 spiro atoms. The van der Waals surface area contributed by atoms with Crippen molar-refractivity contribution in [3.05, 3.63) is 80.9 Å². The van der Waals surface area contributed by atoms with Gasteiger partial charge in [0.25, 0.3) is 5.69 Å². The number of anilines is 1. The van der Waals surface area contributed by atoms with Crippen molar-refractivity contribution in [2.45, 2.75) is 18.4 Å². The zero-order valence-corrected chi connectivity index (χ0v) is 13.0. The summed E-state index contributed by atoms with van der Waals surface area (Å²) in [6.45, 7) is 0. The molecule has 2 aromatic carbocycles. The molecule has 0 bridgehead atoms. The molecule has 4 nitrogen and oxygen atoms in total. The van der Waals surface area contributed by atoms with Crippen molar-refractivity contribution in [1.82, 2.24) is 0 Å². The molecule has 0 radical (unpaired) electrons. The van der Waals surface area contributed by atoms with Gasteiger partial charge in [0, 0.05) is 28.8 Å². The molecule has 23 heavy (non-hydrogen) atoms. The molecule has 0 saturated carbocycles. The number of nitro benzene ring substituents is 1. The van der Waals surface area contributed by atoms with E-state index in [1.807, 2.05) is 24.3 Å². The highest BCUT2D eigenvalue weighted by atomic mass is 35.5. The van der Waals surface area contributed by atoms with Gasteiger partial charge in [-0.05, 0) is 35.6 Å². The van der Waals surface area contributed by atoms with Gasteiger partial charge in [0.1, 0.15) is 0 Å². The van der Waals surface area contributed by atoms with Crippen LogP contribution in [-0.4, -0.2) is 4.92 Å². The maximum atomic E-state index is 10.8. The summed E-state index contributed by atoms with van der Waals surface area (Å²) in [5, 5.41) is 15.1. The first kappa shape index (κ1) is 14.3. The molecule has 4 rings (SSSR count). The van der Waals surface area contributed by atoms with Gasteiger partial charge in [-0.2, -0.15) is 0 Å². The Kier molecular flexibility index (Phi) is 3.34. The van der Waals surface area contributed by atoms with Crippen LogP contribution in [0.2, 0.25) is 5.02 Å². The third-order valence-corrected chi connectivity index (χ3v) is 5.02. The summed E-state index contributed by atoms with van der Waals surface area (Å²) in [5.74, 6) is 0.786. The third kappa shape index (κ3) is 2.39. The fraction of sp³-hybridized carbons (Fsp3) is 0.222. The van der Waals surface area contributed by atoms with Crippen molar-refractivity contribution in [2.24, 2.45) is 5.92 Å². The second-order valence-corrected chi connectivity index (χ2v) is 6.49. The molecule has 1 heterocycles. The first-order valence-electron chi connectivity index (χ1n) is 7.60. The zero-order chi connectivity index (χ0) is 16.0. The molecule has 2 aromatic rings. The van der Waals surface area contributed by atoms with Crippen molar-refractivity contribution < 1.29 is 4.92 Å². The molecular weight excluding hydrogens is 312 g/mol. The fourth-order valence-corrected chi connectivity index (χ4v) is 3.87. The molecular formula is C18H15ClN2O2. The number of fused-ring (bicyclic) bond motifs is 3. The van der Waals surface area contributed by atoms with Crippen molar-refractivity contribution >= 4 is 23.0 Å². The highest BCUT2D eigenvalue weighted by molar-refractivity contribution is 6.30. The second kappa shape index (κ2) is 5.39. The van der Waals surface area contributed by atoms with Gasteiger partial charge in [0.05, 0.1) is 11.0 Å². The van der Waals surface area contributed by atoms with Gasteiger partial charge in [-0.15, -0.1) is 0 Å². The minimum atomic E-state index is -0.368. The molecule has 3 atom stereocenters. The van der Waals surface area contributed by atoms with Gasteiger partial charge in [0.2, 0.25) is 0 Å². The Bertz CT molecular complexity index is 801. The molecule has 2 aliphatic rings. The van der Waals surface area contributed by atoms with E-state index in [9.17, 15) is 10.1 Å². The highest BCUT2D eigenvalue weighted by Crippen LogP contribution is 2.50. The van der Waals surface area contributed by atoms with E-state index in [0.29, 0.717) is 16.9 Å². The first-order valence-corrected chi connectivity index (χ1v) is 7.98. The van der Waals surface area contributed by atoms with Crippen molar-refractivity contribution in [3.63, 3.8) is 0 Å². The van der Waals surface area contributed by atoms with E-state index in [0.717, 1.165) is 17.7 Å². The largest absolute Gasteiger partial charge is 0.378 e. The number of halogens is 1. The molecule has 0 aromatic heterocycles. The third-order valence-electron chi connectivity index (χ3n) is 4.79. The van der Waals surface area contributed by atoms with Crippen LogP contribution < -0.4 is 5.32 Å².